The molecule has 7 aliphatic rings. The van der Waals surface area contributed by atoms with Crippen molar-refractivity contribution in [3.63, 3.8) is 0 Å². The Balaban J connectivity index is 0.000000241. The minimum Gasteiger partial charge on any atom is -0.540 e. The van der Waals surface area contributed by atoms with Gasteiger partial charge in [0.25, 0.3) is 0 Å². The van der Waals surface area contributed by atoms with Gasteiger partial charge < -0.3 is 58.4 Å². The Kier molecular flexibility index (Phi) is 22.2. The SMILES string of the molecule is COc1ccc2nc3c(nc2c1)O[C@H]1CN(C(=O)[C@H](C(C)(C)C)NC(=O)O[C@@H]2CC4CC4[C@H]2CCCC(F)(F)C3(F)F)[C@H]([C-]=O)[C@@H]1C.COc1ccc2nc3c(nc2c1)O[C@H]1CN(C(=O)[C@H](C(C)(C)C)NC(=O)O[C@]2(C)CCC[C@H]2CCCC(F)(F)C3(F)F)[C@H]([C-]=O)[C@@H]1C.[V].[V]. The molecule has 2 N–H and O–H groups in total. The summed E-state index contributed by atoms with van der Waals surface area (Å²) in [6.07, 6.45) is -0.478. The quantitative estimate of drug-likeness (QED) is 0.143. The van der Waals surface area contributed by atoms with Crippen LogP contribution in [0.15, 0.2) is 36.4 Å². The molecule has 20 nitrogen and oxygen atoms in total. The Hall–Kier alpha value is -6.25. The van der Waals surface area contributed by atoms with E-state index in [1.807, 2.05) is 12.6 Å². The zero-order valence-corrected chi connectivity index (χ0v) is 58.0. The average molecular weight is 1430 g/mol. The van der Waals surface area contributed by atoms with Crippen molar-refractivity contribution in [1.82, 2.24) is 40.4 Å². The predicted octanol–water partition coefficient (Wildman–Crippen LogP) is 11.4. The minimum atomic E-state index is -4.81. The van der Waals surface area contributed by atoms with E-state index in [1.54, 1.807) is 62.3 Å². The van der Waals surface area contributed by atoms with Gasteiger partial charge in [-0.3, -0.25) is 9.59 Å². The van der Waals surface area contributed by atoms with E-state index in [4.69, 9.17) is 28.4 Å². The molecule has 524 valence electrons. The van der Waals surface area contributed by atoms with E-state index in [-0.39, 0.29) is 122 Å². The number of nitrogens with zero attached hydrogens (tertiary/aromatic N) is 6. The van der Waals surface area contributed by atoms with Crippen LogP contribution < -0.4 is 29.6 Å². The number of aromatic nitrogens is 4. The summed E-state index contributed by atoms with van der Waals surface area (Å²) < 4.78 is 161. The Morgan fingerprint density at radius 3 is 1.42 bits per heavy atom. The number of alkyl carbamates (subject to hydrolysis) is 2. The first-order chi connectivity index (χ1) is 44.0. The van der Waals surface area contributed by atoms with Crippen molar-refractivity contribution in [2.75, 3.05) is 27.3 Å². The summed E-state index contributed by atoms with van der Waals surface area (Å²) in [6.45, 7) is 14.7. The van der Waals surface area contributed by atoms with E-state index in [1.165, 1.54) is 55.5 Å². The molecule has 0 spiro atoms. The molecule has 11 rings (SSSR count). The monoisotopic (exact) mass is 1430 g/mol. The molecule has 5 fully saturated rings. The van der Waals surface area contributed by atoms with Gasteiger partial charge in [0.2, 0.25) is 23.6 Å². The van der Waals surface area contributed by atoms with Gasteiger partial charge in [-0.15, -0.1) is 0 Å². The Labute approximate surface area is 575 Å². The van der Waals surface area contributed by atoms with Gasteiger partial charge in [0.1, 0.15) is 47.5 Å². The van der Waals surface area contributed by atoms with Crippen LogP contribution in [0, 0.1) is 46.3 Å². The molecule has 14 atom stereocenters. The van der Waals surface area contributed by atoms with Gasteiger partial charge in [0, 0.05) is 62.1 Å². The Bertz CT molecular complexity index is 3450. The first kappa shape index (κ1) is 75.5. The largest absolute Gasteiger partial charge is 0.540 e. The second kappa shape index (κ2) is 28.2. The topological polar surface area (TPSA) is 240 Å². The maximum Gasteiger partial charge on any atom is 0.408 e. The molecule has 96 heavy (non-hydrogen) atoms. The third-order valence-electron chi connectivity index (χ3n) is 20.2. The van der Waals surface area contributed by atoms with Crippen molar-refractivity contribution in [2.24, 2.45) is 46.3 Å². The number of hydrogen-bond acceptors (Lipinski definition) is 16. The summed E-state index contributed by atoms with van der Waals surface area (Å²) in [7, 11) is 2.79. The third-order valence-corrected chi connectivity index (χ3v) is 20.2. The molecule has 3 saturated carbocycles. The summed E-state index contributed by atoms with van der Waals surface area (Å²) in [4.78, 5) is 97.7. The summed E-state index contributed by atoms with van der Waals surface area (Å²) >= 11 is 0. The summed E-state index contributed by atoms with van der Waals surface area (Å²) in [5, 5.41) is 5.37. The van der Waals surface area contributed by atoms with Crippen molar-refractivity contribution in [3.8, 4) is 23.3 Å². The van der Waals surface area contributed by atoms with Crippen LogP contribution in [-0.2, 0) is 77.6 Å². The number of carbonyl (C=O) groups excluding carboxylic acids is 6. The minimum absolute atomic E-state index is 0. The summed E-state index contributed by atoms with van der Waals surface area (Å²) in [5.74, 6) is -22.9. The van der Waals surface area contributed by atoms with E-state index in [0.717, 1.165) is 11.3 Å². The number of rotatable bonds is 4. The molecule has 2 unspecified atom stereocenters. The molecule has 3 aliphatic carbocycles. The molecule has 30 heteroatoms. The van der Waals surface area contributed by atoms with Gasteiger partial charge in [-0.05, 0) is 135 Å². The maximum absolute atomic E-state index is 16.1. The van der Waals surface area contributed by atoms with E-state index in [2.05, 4.69) is 30.6 Å². The number of nitrogens with one attached hydrogen (secondary N) is 2. The first-order valence-corrected chi connectivity index (χ1v) is 31.9. The normalized spacial score (nSPS) is 31.9. The summed E-state index contributed by atoms with van der Waals surface area (Å²) in [5.41, 5.74) is -5.45. The molecule has 4 bridgehead atoms. The number of fused-ring (bicyclic) bond motifs is 12. The molecule has 2 aromatic heterocycles. The predicted molar refractivity (Wildman–Crippen MR) is 322 cm³/mol. The number of amides is 4. The standard InChI is InChI=1S/C33H39F4N4O6.C33H41F4N4O6.2V/c1-16-23(15-42)41-14-25(16)46-28-26(38-21-9-8-18(45-5)13-22(21)39-28)33(36,37)32(34,35)10-6-7-19-20-11-17(20)12-24(19)47-30(44)40-27(29(41)43)31(2,3)4;1-18-23(17-42)41-16-24(18)46-27-25(38-21-12-11-20(45-6)15-22(21)39-27)33(36,37)32(34,35)14-8-10-19-9-7-13-31(19,5)47-29(44)40-26(28(41)43)30(2,3)4;;/h8-9,13,16-17,19-20,23-25,27H,6-7,10-12,14H2,1-5H3,(H,40,44);11-12,15,18-19,23-24,26H,7-10,13-14,16H2,1-6H3,(H,40,44);;/q2*-1;;/t16-,17?,19+,20?,23+,24+,25-,27+;18-,19-,23+,24-,26+,31+;;/m00../s1. The number of alkyl halides is 8. The molecule has 6 heterocycles. The molecule has 4 amide bonds. The Morgan fingerprint density at radius 2 is 0.990 bits per heavy atom. The third kappa shape index (κ3) is 14.7. The number of halogens is 8. The van der Waals surface area contributed by atoms with Crippen LogP contribution in [0.25, 0.3) is 22.1 Å². The fourth-order valence-corrected chi connectivity index (χ4v) is 14.4. The number of methoxy groups -OCH3 is 2. The van der Waals surface area contributed by atoms with Crippen LogP contribution in [0.4, 0.5) is 44.7 Å². The van der Waals surface area contributed by atoms with Crippen LogP contribution in [0.1, 0.15) is 144 Å². The van der Waals surface area contributed by atoms with Crippen LogP contribution in [0.3, 0.4) is 0 Å². The number of benzene rings is 2. The molecule has 2 radical (unpaired) electrons. The summed E-state index contributed by atoms with van der Waals surface area (Å²) in [6, 6.07) is 3.71. The second-order valence-corrected chi connectivity index (χ2v) is 28.6. The van der Waals surface area contributed by atoms with E-state index >= 15 is 35.1 Å². The fraction of sp³-hybridized carbons (Fsp3) is 0.667. The first-order valence-electron chi connectivity index (χ1n) is 31.9. The van der Waals surface area contributed by atoms with Gasteiger partial charge in [-0.1, -0.05) is 67.5 Å². The Morgan fingerprint density at radius 1 is 0.562 bits per heavy atom. The van der Waals surface area contributed by atoms with Gasteiger partial charge in [0.05, 0.1) is 49.4 Å². The molecular weight excluding hydrogens is 1350 g/mol. The molecule has 2 aromatic carbocycles. The molecule has 4 aromatic rings. The molecule has 2 saturated heterocycles. The van der Waals surface area contributed by atoms with Gasteiger partial charge >= 0.3 is 35.9 Å². The smallest absolute Gasteiger partial charge is 0.408 e. The number of carbonyl (C=O) groups is 4. The van der Waals surface area contributed by atoms with Crippen molar-refractivity contribution < 1.29 is 129 Å². The van der Waals surface area contributed by atoms with Gasteiger partial charge in [-0.2, -0.15) is 35.1 Å². The van der Waals surface area contributed by atoms with E-state index in [9.17, 15) is 28.8 Å². The maximum atomic E-state index is 16.1. The average Bonchev–Trinajstić information content (AvgIpc) is 1.26. The van der Waals surface area contributed by atoms with Crippen molar-refractivity contribution in [3.05, 3.63) is 47.8 Å². The molecule has 4 aliphatic heterocycles. The van der Waals surface area contributed by atoms with Gasteiger partial charge in [-0.25, -0.2) is 42.1 Å². The van der Waals surface area contributed by atoms with Crippen molar-refractivity contribution >= 4 is 58.6 Å². The molecular formula is C66H80F8N8O12V2-2. The van der Waals surface area contributed by atoms with E-state index in [0.29, 0.717) is 37.2 Å². The van der Waals surface area contributed by atoms with E-state index < -0.39 is 154 Å². The fourth-order valence-electron chi connectivity index (χ4n) is 14.4. The van der Waals surface area contributed by atoms with Crippen LogP contribution >= 0.6 is 0 Å². The number of hydrogen-bond donors (Lipinski definition) is 2. The zero-order chi connectivity index (χ0) is 68.6. The number of ether oxygens (including phenoxy) is 6. The van der Waals surface area contributed by atoms with Crippen LogP contribution in [0.5, 0.6) is 23.3 Å². The van der Waals surface area contributed by atoms with Crippen molar-refractivity contribution in [2.45, 2.75) is 205 Å². The van der Waals surface area contributed by atoms with Crippen LogP contribution in [-0.4, -0.2) is 154 Å². The van der Waals surface area contributed by atoms with Gasteiger partial charge in [0.15, 0.2) is 11.4 Å². The van der Waals surface area contributed by atoms with Crippen LogP contribution in [0.2, 0.25) is 0 Å². The zero-order valence-electron chi connectivity index (χ0n) is 55.2. The van der Waals surface area contributed by atoms with Crippen molar-refractivity contribution in [1.29, 1.82) is 0 Å². The second-order valence-electron chi connectivity index (χ2n) is 28.6.